The highest BCUT2D eigenvalue weighted by Gasteiger charge is 2.13. The highest BCUT2D eigenvalue weighted by molar-refractivity contribution is 4.64. The lowest BCUT2D eigenvalue weighted by molar-refractivity contribution is 0.102. The van der Waals surface area contributed by atoms with Crippen LogP contribution >= 0.6 is 0 Å². The molecular weight excluding hydrogens is 190 g/mol. The highest BCUT2D eigenvalue weighted by Crippen LogP contribution is 2.17. The van der Waals surface area contributed by atoms with E-state index < -0.39 is 0 Å². The molecule has 1 aliphatic heterocycles. The summed E-state index contributed by atoms with van der Waals surface area (Å²) in [6.45, 7) is 3.90. The van der Waals surface area contributed by atoms with Gasteiger partial charge in [-0.25, -0.2) is 0 Å². The van der Waals surface area contributed by atoms with Crippen LogP contribution in [0.3, 0.4) is 0 Å². The monoisotopic (exact) mass is 215 g/mol. The van der Waals surface area contributed by atoms with Crippen molar-refractivity contribution in [1.82, 2.24) is 5.32 Å². The molecule has 15 heavy (non-hydrogen) atoms. The summed E-state index contributed by atoms with van der Waals surface area (Å²) in [5.74, 6) is 0. The van der Waals surface area contributed by atoms with Gasteiger partial charge in [0.15, 0.2) is 0 Å². The summed E-state index contributed by atoms with van der Waals surface area (Å²) in [6, 6.07) is 0. The Kier molecular flexibility index (Phi) is 7.88. The molecule has 0 aromatic rings. The average molecular weight is 215 g/mol. The first-order valence-corrected chi connectivity index (χ1v) is 6.24. The van der Waals surface area contributed by atoms with Gasteiger partial charge in [-0.3, -0.25) is 0 Å². The van der Waals surface area contributed by atoms with E-state index in [4.69, 9.17) is 9.47 Å². The lowest BCUT2D eigenvalue weighted by Gasteiger charge is -2.08. The minimum Gasteiger partial charge on any atom is -0.383 e. The molecule has 1 rings (SSSR count). The van der Waals surface area contributed by atoms with Gasteiger partial charge in [0.2, 0.25) is 0 Å². The molecule has 1 saturated heterocycles. The summed E-state index contributed by atoms with van der Waals surface area (Å²) in [7, 11) is 1.74. The van der Waals surface area contributed by atoms with E-state index in [1.165, 1.54) is 38.5 Å². The predicted octanol–water partition coefficient (Wildman–Crippen LogP) is 1.96. The predicted molar refractivity (Wildman–Crippen MR) is 62.2 cm³/mol. The van der Waals surface area contributed by atoms with Crippen molar-refractivity contribution in [3.63, 3.8) is 0 Å². The number of unbranched alkanes of at least 4 members (excludes halogenated alkanes) is 2. The second-order valence-corrected chi connectivity index (χ2v) is 4.23. The van der Waals surface area contributed by atoms with Gasteiger partial charge in [0.1, 0.15) is 0 Å². The quantitative estimate of drug-likeness (QED) is 0.596. The Morgan fingerprint density at radius 3 is 2.93 bits per heavy atom. The Bertz CT molecular complexity index is 136. The highest BCUT2D eigenvalue weighted by atomic mass is 16.5. The lowest BCUT2D eigenvalue weighted by Crippen LogP contribution is -2.20. The van der Waals surface area contributed by atoms with Gasteiger partial charge in [-0.05, 0) is 32.2 Å². The number of hydrogen-bond donors (Lipinski definition) is 1. The molecule has 3 heteroatoms. The smallest absolute Gasteiger partial charge is 0.0587 e. The zero-order valence-electron chi connectivity index (χ0n) is 9.96. The molecule has 1 N–H and O–H groups in total. The van der Waals surface area contributed by atoms with E-state index in [0.29, 0.717) is 6.10 Å². The van der Waals surface area contributed by atoms with Crippen molar-refractivity contribution in [2.75, 3.05) is 33.4 Å². The largest absolute Gasteiger partial charge is 0.383 e. The van der Waals surface area contributed by atoms with Gasteiger partial charge in [0.25, 0.3) is 0 Å². The topological polar surface area (TPSA) is 30.5 Å². The molecule has 0 bridgehead atoms. The van der Waals surface area contributed by atoms with Crippen molar-refractivity contribution in [3.8, 4) is 0 Å². The van der Waals surface area contributed by atoms with Crippen molar-refractivity contribution in [2.24, 2.45) is 0 Å². The van der Waals surface area contributed by atoms with Gasteiger partial charge in [-0.15, -0.1) is 0 Å². The molecule has 0 radical (unpaired) electrons. The Morgan fingerprint density at radius 2 is 2.20 bits per heavy atom. The summed E-state index contributed by atoms with van der Waals surface area (Å²) in [6.07, 6.45) is 8.30. The van der Waals surface area contributed by atoms with Gasteiger partial charge in [-0.1, -0.05) is 12.8 Å². The van der Waals surface area contributed by atoms with Crippen LogP contribution in [0.5, 0.6) is 0 Å². The number of ether oxygens (including phenoxy) is 2. The van der Waals surface area contributed by atoms with Crippen LogP contribution in [0, 0.1) is 0 Å². The molecule has 0 amide bonds. The van der Waals surface area contributed by atoms with Crippen LogP contribution in [0.15, 0.2) is 0 Å². The minimum atomic E-state index is 0.575. The number of hydrogen-bond acceptors (Lipinski definition) is 3. The molecule has 1 aliphatic rings. The number of nitrogens with one attached hydrogen (secondary N) is 1. The van der Waals surface area contributed by atoms with Gasteiger partial charge in [0.05, 0.1) is 12.7 Å². The van der Waals surface area contributed by atoms with E-state index in [2.05, 4.69) is 5.32 Å². The number of rotatable bonds is 9. The maximum Gasteiger partial charge on any atom is 0.0587 e. The van der Waals surface area contributed by atoms with Crippen LogP contribution in [0.1, 0.15) is 38.5 Å². The molecule has 0 aromatic heterocycles. The van der Waals surface area contributed by atoms with E-state index in [1.807, 2.05) is 0 Å². The van der Waals surface area contributed by atoms with E-state index in [1.54, 1.807) is 7.11 Å². The molecule has 1 atom stereocenters. The van der Waals surface area contributed by atoms with Crippen LogP contribution in [0.2, 0.25) is 0 Å². The van der Waals surface area contributed by atoms with Crippen LogP contribution in [0.4, 0.5) is 0 Å². The SMILES string of the molecule is COCCNCCCCCC1CCCO1. The molecule has 0 spiro atoms. The van der Waals surface area contributed by atoms with E-state index in [9.17, 15) is 0 Å². The summed E-state index contributed by atoms with van der Waals surface area (Å²) < 4.78 is 10.5. The van der Waals surface area contributed by atoms with E-state index in [-0.39, 0.29) is 0 Å². The van der Waals surface area contributed by atoms with Gasteiger partial charge in [0, 0.05) is 20.3 Å². The first-order chi connectivity index (χ1) is 7.43. The fourth-order valence-electron chi connectivity index (χ4n) is 1.97. The summed E-state index contributed by atoms with van der Waals surface area (Å²) in [4.78, 5) is 0. The molecule has 0 aliphatic carbocycles. The Labute approximate surface area is 93.5 Å². The van der Waals surface area contributed by atoms with Crippen molar-refractivity contribution in [3.05, 3.63) is 0 Å². The summed E-state index contributed by atoms with van der Waals surface area (Å²) >= 11 is 0. The molecule has 1 unspecified atom stereocenters. The third-order valence-electron chi connectivity index (χ3n) is 2.89. The minimum absolute atomic E-state index is 0.575. The van der Waals surface area contributed by atoms with Crippen LogP contribution in [-0.4, -0.2) is 39.5 Å². The van der Waals surface area contributed by atoms with Crippen molar-refractivity contribution < 1.29 is 9.47 Å². The first-order valence-electron chi connectivity index (χ1n) is 6.24. The molecule has 3 nitrogen and oxygen atoms in total. The van der Waals surface area contributed by atoms with Crippen LogP contribution < -0.4 is 5.32 Å². The van der Waals surface area contributed by atoms with Crippen LogP contribution in [0.25, 0.3) is 0 Å². The maximum atomic E-state index is 5.58. The average Bonchev–Trinajstić information content (AvgIpc) is 2.75. The van der Waals surface area contributed by atoms with E-state index in [0.717, 1.165) is 26.3 Å². The third-order valence-corrected chi connectivity index (χ3v) is 2.89. The lowest BCUT2D eigenvalue weighted by atomic mass is 10.1. The second-order valence-electron chi connectivity index (χ2n) is 4.23. The van der Waals surface area contributed by atoms with Crippen molar-refractivity contribution >= 4 is 0 Å². The zero-order valence-corrected chi connectivity index (χ0v) is 9.96. The first kappa shape index (κ1) is 12.9. The fourth-order valence-corrected chi connectivity index (χ4v) is 1.97. The van der Waals surface area contributed by atoms with Crippen molar-refractivity contribution in [1.29, 1.82) is 0 Å². The number of methoxy groups -OCH3 is 1. The zero-order chi connectivity index (χ0) is 10.8. The molecule has 0 aromatic carbocycles. The fraction of sp³-hybridized carbons (Fsp3) is 1.00. The Hall–Kier alpha value is -0.120. The molecule has 0 saturated carbocycles. The summed E-state index contributed by atoms with van der Waals surface area (Å²) in [5, 5.41) is 3.36. The third kappa shape index (κ3) is 6.88. The van der Waals surface area contributed by atoms with Crippen LogP contribution in [-0.2, 0) is 9.47 Å². The summed E-state index contributed by atoms with van der Waals surface area (Å²) in [5.41, 5.74) is 0. The van der Waals surface area contributed by atoms with Gasteiger partial charge < -0.3 is 14.8 Å². The molecular formula is C12H25NO2. The Morgan fingerprint density at radius 1 is 1.27 bits per heavy atom. The van der Waals surface area contributed by atoms with Crippen molar-refractivity contribution in [2.45, 2.75) is 44.6 Å². The molecule has 1 fully saturated rings. The second kappa shape index (κ2) is 9.13. The molecule has 1 heterocycles. The Balaban J connectivity index is 1.73. The normalized spacial score (nSPS) is 21.0. The van der Waals surface area contributed by atoms with Gasteiger partial charge in [-0.2, -0.15) is 0 Å². The van der Waals surface area contributed by atoms with Gasteiger partial charge >= 0.3 is 0 Å². The maximum absolute atomic E-state index is 5.58. The van der Waals surface area contributed by atoms with E-state index >= 15 is 0 Å². The standard InChI is InChI=1S/C12H25NO2/c1-14-11-9-13-8-4-2-3-6-12-7-5-10-15-12/h12-13H,2-11H2,1H3. The molecule has 90 valence electrons.